The first kappa shape index (κ1) is 32.3. The maximum Gasteiger partial charge on any atom is 2.00 e. The first-order valence-electron chi connectivity index (χ1n) is 14.1. The van der Waals surface area contributed by atoms with Crippen LogP contribution in [-0.4, -0.2) is 41.1 Å². The number of carbonyl (C=O) groups is 1. The van der Waals surface area contributed by atoms with Crippen LogP contribution in [0.4, 0.5) is 5.69 Å². The zero-order valence-electron chi connectivity index (χ0n) is 23.6. The largest absolute Gasteiger partial charge is 2.00 e. The van der Waals surface area contributed by atoms with E-state index in [-0.39, 0.29) is 34.9 Å². The van der Waals surface area contributed by atoms with E-state index in [1.807, 2.05) is 91.0 Å². The van der Waals surface area contributed by atoms with Gasteiger partial charge < -0.3 is 15.0 Å². The molecule has 1 saturated heterocycles. The number of hydrogen-bond donors (Lipinski definition) is 0. The fourth-order valence-corrected chi connectivity index (χ4v) is 5.67. The van der Waals surface area contributed by atoms with Crippen molar-refractivity contribution in [2.45, 2.75) is 43.2 Å². The minimum Gasteiger partial charge on any atom is -0.861 e. The Kier molecular flexibility index (Phi) is 11.9. The van der Waals surface area contributed by atoms with Crippen LogP contribution in [0.2, 0.25) is 0 Å². The van der Waals surface area contributed by atoms with Crippen molar-refractivity contribution in [3.05, 3.63) is 137 Å². The molecule has 6 nitrogen and oxygen atoms in total. The van der Waals surface area contributed by atoms with Gasteiger partial charge in [0.1, 0.15) is 0 Å². The molecular weight excluding hydrogens is 649 g/mol. The maximum absolute atomic E-state index is 13.6. The van der Waals surface area contributed by atoms with E-state index >= 15 is 0 Å². The Labute approximate surface area is 271 Å². The standard InChI is InChI=1S/C35H34BrN3O3.Ni/c36-23-26-19-17-25(18-20-26)22-31(35(41)42)37-33(28-12-5-2-6-13-28)29-14-7-8-15-30(29)38-34(40)32-16-9-21-39(32)24-27-10-3-1-4-11-27;/h1-8,10-15,17-20,31-32H,9,16,21-24H2,(H,38,40)(H,41,42);/q;+2/p-2/t31-,32-;/m0./s1. The summed E-state index contributed by atoms with van der Waals surface area (Å²) >= 11 is 3.44. The van der Waals surface area contributed by atoms with Crippen LogP contribution in [0.1, 0.15) is 40.7 Å². The summed E-state index contributed by atoms with van der Waals surface area (Å²) < 4.78 is 0. The van der Waals surface area contributed by atoms with Crippen molar-refractivity contribution in [1.29, 1.82) is 0 Å². The van der Waals surface area contributed by atoms with Crippen molar-refractivity contribution in [2.75, 3.05) is 6.54 Å². The molecule has 2 atom stereocenters. The maximum atomic E-state index is 13.6. The summed E-state index contributed by atoms with van der Waals surface area (Å²) in [5.74, 6) is -1.47. The average Bonchev–Trinajstić information content (AvgIpc) is 3.49. The summed E-state index contributed by atoms with van der Waals surface area (Å²) in [5.41, 5.74) is 5.37. The monoisotopic (exact) mass is 679 g/mol. The van der Waals surface area contributed by atoms with Crippen molar-refractivity contribution in [3.8, 4) is 0 Å². The zero-order valence-corrected chi connectivity index (χ0v) is 26.1. The van der Waals surface area contributed by atoms with Gasteiger partial charge in [0.15, 0.2) is 0 Å². The number of alkyl halides is 1. The van der Waals surface area contributed by atoms with Gasteiger partial charge >= 0.3 is 16.5 Å². The molecule has 0 saturated carbocycles. The minimum atomic E-state index is -1.26. The van der Waals surface area contributed by atoms with E-state index in [1.165, 1.54) is 0 Å². The van der Waals surface area contributed by atoms with Gasteiger partial charge in [-0.05, 0) is 48.0 Å². The van der Waals surface area contributed by atoms with Gasteiger partial charge in [-0.2, -0.15) is 0 Å². The number of hydrogen-bond acceptors (Lipinski definition) is 6. The van der Waals surface area contributed by atoms with Gasteiger partial charge in [0.2, 0.25) is 0 Å². The van der Waals surface area contributed by atoms with Gasteiger partial charge in [-0.1, -0.05) is 119 Å². The van der Waals surface area contributed by atoms with Crippen molar-refractivity contribution >= 4 is 39.2 Å². The van der Waals surface area contributed by atoms with E-state index in [2.05, 4.69) is 38.0 Å². The van der Waals surface area contributed by atoms with Gasteiger partial charge in [0.25, 0.3) is 0 Å². The number of aliphatic carboxylic acids is 1. The normalized spacial score (nSPS) is 16.4. The number of nitrogens with zero attached hydrogens (tertiary/aromatic N) is 3. The summed E-state index contributed by atoms with van der Waals surface area (Å²) in [6.07, 6.45) is 1.86. The van der Waals surface area contributed by atoms with Gasteiger partial charge in [0.05, 0.1) is 23.4 Å². The third-order valence-electron chi connectivity index (χ3n) is 7.48. The van der Waals surface area contributed by atoms with E-state index in [0.717, 1.165) is 47.0 Å². The van der Waals surface area contributed by atoms with E-state index in [4.69, 9.17) is 4.99 Å². The summed E-state index contributed by atoms with van der Waals surface area (Å²) in [6, 6.07) is 33.2. The number of rotatable bonds is 11. The second-order valence-electron chi connectivity index (χ2n) is 10.4. The van der Waals surface area contributed by atoms with E-state index in [9.17, 15) is 15.0 Å². The topological polar surface area (TPSA) is 91.1 Å². The molecule has 0 amide bonds. The molecule has 1 aliphatic heterocycles. The van der Waals surface area contributed by atoms with Crippen molar-refractivity contribution in [3.63, 3.8) is 0 Å². The summed E-state index contributed by atoms with van der Waals surface area (Å²) in [6.45, 7) is 1.53. The van der Waals surface area contributed by atoms with E-state index < -0.39 is 12.0 Å². The average molecular weight is 681 g/mol. The Balaban J connectivity index is 0.00000423. The number of carboxylic acids is 1. The Morgan fingerprint density at radius 2 is 1.47 bits per heavy atom. The Hall–Kier alpha value is -3.58. The number of aliphatic imine (C=N–C) groups is 2. The van der Waals surface area contributed by atoms with E-state index in [0.29, 0.717) is 23.5 Å². The second-order valence-corrected chi connectivity index (χ2v) is 11.0. The molecule has 0 bridgehead atoms. The number of benzene rings is 4. The van der Waals surface area contributed by atoms with Gasteiger partial charge in [0, 0.05) is 35.5 Å². The number of carbonyl (C=O) groups excluding carboxylic acids is 1. The quantitative estimate of drug-likeness (QED) is 0.0983. The van der Waals surface area contributed by atoms with Crippen LogP contribution in [0.5, 0.6) is 0 Å². The first-order chi connectivity index (χ1) is 20.5. The molecule has 43 heavy (non-hydrogen) atoms. The fourth-order valence-electron chi connectivity index (χ4n) is 5.30. The molecule has 0 unspecified atom stereocenters. The summed E-state index contributed by atoms with van der Waals surface area (Å²) in [7, 11) is 0. The predicted octanol–water partition coefficient (Wildman–Crippen LogP) is 4.83. The van der Waals surface area contributed by atoms with Crippen LogP contribution in [0, 0.1) is 0 Å². The molecule has 4 aromatic carbocycles. The van der Waals surface area contributed by atoms with Crippen LogP contribution in [0.15, 0.2) is 119 Å². The van der Waals surface area contributed by atoms with Crippen LogP contribution in [-0.2, 0) is 39.6 Å². The minimum absolute atomic E-state index is 0. The molecule has 1 heterocycles. The molecule has 222 valence electrons. The summed E-state index contributed by atoms with van der Waals surface area (Å²) in [5, 5.41) is 26.7. The molecule has 0 N–H and O–H groups in total. The van der Waals surface area contributed by atoms with Crippen molar-refractivity contribution in [1.82, 2.24) is 4.90 Å². The molecule has 1 aliphatic rings. The van der Waals surface area contributed by atoms with Gasteiger partial charge in [-0.3, -0.25) is 14.9 Å². The Morgan fingerprint density at radius 1 is 0.837 bits per heavy atom. The smallest absolute Gasteiger partial charge is 0.861 e. The number of halogens is 1. The third-order valence-corrected chi connectivity index (χ3v) is 8.13. The van der Waals surface area contributed by atoms with Crippen LogP contribution in [0.25, 0.3) is 0 Å². The van der Waals surface area contributed by atoms with Crippen molar-refractivity contribution < 1.29 is 31.5 Å². The SMILES string of the molecule is O=C([O-])[C@H](Cc1ccc(CBr)cc1)N=C(c1ccccc1)c1ccccc1N=C([O-])[C@@H]1CCCN1Cc1ccccc1.[Ni+2]. The van der Waals surface area contributed by atoms with Crippen LogP contribution < -0.4 is 10.2 Å². The molecule has 1 fully saturated rings. The Bertz CT molecular complexity index is 1550. The van der Waals surface area contributed by atoms with Crippen molar-refractivity contribution in [2.24, 2.45) is 9.98 Å². The molecule has 0 aromatic heterocycles. The number of likely N-dealkylation sites (tertiary alicyclic amines) is 1. The molecule has 5 rings (SSSR count). The van der Waals surface area contributed by atoms with Gasteiger partial charge in [-0.15, -0.1) is 0 Å². The van der Waals surface area contributed by atoms with Gasteiger partial charge in [-0.25, -0.2) is 0 Å². The molecule has 0 radical (unpaired) electrons. The second kappa shape index (κ2) is 15.8. The zero-order chi connectivity index (χ0) is 29.3. The third kappa shape index (κ3) is 8.50. The van der Waals surface area contributed by atoms with E-state index in [1.54, 1.807) is 6.07 Å². The molecular formula is C35H32BrN3NiO3. The van der Waals surface area contributed by atoms with Crippen LogP contribution in [0.3, 0.4) is 0 Å². The molecule has 8 heteroatoms. The molecule has 4 aromatic rings. The molecule has 0 aliphatic carbocycles. The molecule has 0 spiro atoms. The number of para-hydroxylation sites is 1. The Morgan fingerprint density at radius 3 is 2.14 bits per heavy atom. The first-order valence-corrected chi connectivity index (χ1v) is 15.2. The number of carboxylic acid groups (broad SMARTS) is 1. The fraction of sp³-hybridized carbons (Fsp3) is 0.229. The predicted molar refractivity (Wildman–Crippen MR) is 167 cm³/mol. The van der Waals surface area contributed by atoms with Crippen LogP contribution >= 0.6 is 15.9 Å². The summed E-state index contributed by atoms with van der Waals surface area (Å²) in [4.78, 5) is 23.9.